The van der Waals surface area contributed by atoms with Crippen LogP contribution in [0, 0.1) is 5.82 Å². The fourth-order valence-corrected chi connectivity index (χ4v) is 2.15. The van der Waals surface area contributed by atoms with Gasteiger partial charge in [-0.15, -0.1) is 0 Å². The second-order valence-electron chi connectivity index (χ2n) is 4.89. The predicted octanol–water partition coefficient (Wildman–Crippen LogP) is 3.28. The molecular weight excluding hydrogens is 330 g/mol. The van der Waals surface area contributed by atoms with E-state index in [1.165, 1.54) is 38.0 Å². The lowest BCUT2D eigenvalue weighted by Crippen LogP contribution is -2.17. The van der Waals surface area contributed by atoms with Gasteiger partial charge in [0.15, 0.2) is 11.6 Å². The van der Waals surface area contributed by atoms with Gasteiger partial charge in [0.05, 0.1) is 24.5 Å². The third-order valence-corrected chi connectivity index (χ3v) is 3.15. The summed E-state index contributed by atoms with van der Waals surface area (Å²) in [5.74, 6) is -0.273. The van der Waals surface area contributed by atoms with Crippen LogP contribution in [-0.2, 0) is 6.54 Å². The van der Waals surface area contributed by atoms with Gasteiger partial charge in [-0.25, -0.2) is 14.4 Å². The Morgan fingerprint density at radius 1 is 1.25 bits per heavy atom. The van der Waals surface area contributed by atoms with E-state index in [0.717, 1.165) is 4.68 Å². The summed E-state index contributed by atoms with van der Waals surface area (Å²) in [7, 11) is 1.32. The summed E-state index contributed by atoms with van der Waals surface area (Å²) < 4.78 is 56.5. The van der Waals surface area contributed by atoms with Crippen LogP contribution in [0.25, 0.3) is 10.9 Å². The number of fused-ring (bicyclic) bond motifs is 1. The molecule has 0 bridgehead atoms. The van der Waals surface area contributed by atoms with Gasteiger partial charge in [-0.05, 0) is 6.07 Å². The smallest absolute Gasteiger partial charge is 0.408 e. The van der Waals surface area contributed by atoms with E-state index in [4.69, 9.17) is 4.74 Å². The molecule has 0 saturated heterocycles. The monoisotopic (exact) mass is 341 g/mol. The number of rotatable bonds is 4. The normalized spacial score (nSPS) is 11.7. The maximum Gasteiger partial charge on any atom is 0.408 e. The zero-order chi connectivity index (χ0) is 17.3. The number of nitrogens with one attached hydrogen (secondary N) is 1. The first-order valence-corrected chi connectivity index (χ1v) is 6.70. The topological polar surface area (TPSA) is 64.9 Å². The quantitative estimate of drug-likeness (QED) is 0.738. The minimum Gasteiger partial charge on any atom is -0.494 e. The SMILES string of the molecule is COc1cc2c(Nc3cnn(CC(F)(F)F)c3)ncnc2cc1F. The Bertz CT molecular complexity index is 877. The average Bonchev–Trinajstić information content (AvgIpc) is 2.91. The van der Waals surface area contributed by atoms with Crippen molar-refractivity contribution in [3.63, 3.8) is 0 Å². The van der Waals surface area contributed by atoms with Crippen molar-refractivity contribution in [3.8, 4) is 5.75 Å². The molecule has 0 radical (unpaired) electrons. The van der Waals surface area contributed by atoms with Crippen LogP contribution in [0.4, 0.5) is 29.1 Å². The highest BCUT2D eigenvalue weighted by molar-refractivity contribution is 5.91. The van der Waals surface area contributed by atoms with Gasteiger partial charge in [-0.1, -0.05) is 0 Å². The molecule has 0 amide bonds. The molecule has 3 rings (SSSR count). The Balaban J connectivity index is 1.93. The van der Waals surface area contributed by atoms with Crippen LogP contribution >= 0.6 is 0 Å². The van der Waals surface area contributed by atoms with E-state index in [-0.39, 0.29) is 5.75 Å². The number of aromatic nitrogens is 4. The summed E-state index contributed by atoms with van der Waals surface area (Å²) in [6.07, 6.45) is -0.713. The minimum absolute atomic E-state index is 0.00752. The Morgan fingerprint density at radius 2 is 2.04 bits per heavy atom. The van der Waals surface area contributed by atoms with Gasteiger partial charge < -0.3 is 10.1 Å². The second-order valence-corrected chi connectivity index (χ2v) is 4.89. The van der Waals surface area contributed by atoms with Gasteiger partial charge in [-0.3, -0.25) is 4.68 Å². The molecule has 3 aromatic rings. The average molecular weight is 341 g/mol. The molecule has 1 aromatic carbocycles. The van der Waals surface area contributed by atoms with E-state index in [0.29, 0.717) is 22.4 Å². The molecule has 24 heavy (non-hydrogen) atoms. The summed E-state index contributed by atoms with van der Waals surface area (Å²) in [6, 6.07) is 2.60. The van der Waals surface area contributed by atoms with Crippen molar-refractivity contribution < 1.29 is 22.3 Å². The molecule has 6 nitrogen and oxygen atoms in total. The molecule has 126 valence electrons. The van der Waals surface area contributed by atoms with E-state index < -0.39 is 18.5 Å². The van der Waals surface area contributed by atoms with E-state index in [9.17, 15) is 17.6 Å². The highest BCUT2D eigenvalue weighted by Gasteiger charge is 2.28. The number of methoxy groups -OCH3 is 1. The zero-order valence-electron chi connectivity index (χ0n) is 12.3. The molecular formula is C14H11F4N5O. The largest absolute Gasteiger partial charge is 0.494 e. The Hall–Kier alpha value is -2.91. The highest BCUT2D eigenvalue weighted by atomic mass is 19.4. The highest BCUT2D eigenvalue weighted by Crippen LogP contribution is 2.29. The molecule has 0 aliphatic rings. The first kappa shape index (κ1) is 16.0. The third kappa shape index (κ3) is 3.36. The van der Waals surface area contributed by atoms with Crippen molar-refractivity contribution in [2.75, 3.05) is 12.4 Å². The molecule has 10 heteroatoms. The lowest BCUT2D eigenvalue weighted by atomic mass is 10.2. The van der Waals surface area contributed by atoms with Crippen LogP contribution in [0.5, 0.6) is 5.75 Å². The summed E-state index contributed by atoms with van der Waals surface area (Å²) in [5.41, 5.74) is 0.635. The molecule has 1 N–H and O–H groups in total. The first-order valence-electron chi connectivity index (χ1n) is 6.70. The van der Waals surface area contributed by atoms with Crippen LogP contribution in [0.2, 0.25) is 0 Å². The van der Waals surface area contributed by atoms with Crippen LogP contribution in [0.1, 0.15) is 0 Å². The molecule has 0 aliphatic carbocycles. The fourth-order valence-electron chi connectivity index (χ4n) is 2.15. The van der Waals surface area contributed by atoms with Crippen molar-refractivity contribution in [1.82, 2.24) is 19.7 Å². The van der Waals surface area contributed by atoms with Crippen LogP contribution in [0.15, 0.2) is 30.9 Å². The van der Waals surface area contributed by atoms with E-state index in [1.807, 2.05) is 0 Å². The molecule has 0 spiro atoms. The molecule has 0 fully saturated rings. The van der Waals surface area contributed by atoms with Crippen molar-refractivity contribution in [2.24, 2.45) is 0 Å². The molecule has 0 aliphatic heterocycles. The Morgan fingerprint density at radius 3 is 2.75 bits per heavy atom. The van der Waals surface area contributed by atoms with Crippen molar-refractivity contribution in [1.29, 1.82) is 0 Å². The number of hydrogen-bond donors (Lipinski definition) is 1. The zero-order valence-corrected chi connectivity index (χ0v) is 12.3. The Kier molecular flexibility index (Phi) is 3.96. The molecule has 0 atom stereocenters. The maximum absolute atomic E-state index is 13.7. The molecule has 0 saturated carbocycles. The fraction of sp³-hybridized carbons (Fsp3) is 0.214. The van der Waals surface area contributed by atoms with Crippen molar-refractivity contribution in [2.45, 2.75) is 12.7 Å². The van der Waals surface area contributed by atoms with Crippen LogP contribution < -0.4 is 10.1 Å². The molecule has 2 heterocycles. The lowest BCUT2D eigenvalue weighted by Gasteiger charge is -2.09. The van der Waals surface area contributed by atoms with E-state index in [1.54, 1.807) is 0 Å². The number of hydrogen-bond acceptors (Lipinski definition) is 5. The molecule has 0 unspecified atom stereocenters. The van der Waals surface area contributed by atoms with Gasteiger partial charge in [0.2, 0.25) is 0 Å². The number of alkyl halides is 3. The van der Waals surface area contributed by atoms with Gasteiger partial charge >= 0.3 is 6.18 Å². The van der Waals surface area contributed by atoms with Gasteiger partial charge in [-0.2, -0.15) is 18.3 Å². The van der Waals surface area contributed by atoms with Crippen molar-refractivity contribution in [3.05, 3.63) is 36.7 Å². The summed E-state index contributed by atoms with van der Waals surface area (Å²) >= 11 is 0. The van der Waals surface area contributed by atoms with Gasteiger partial charge in [0.1, 0.15) is 18.7 Å². The van der Waals surface area contributed by atoms with Crippen molar-refractivity contribution >= 4 is 22.4 Å². The van der Waals surface area contributed by atoms with E-state index in [2.05, 4.69) is 20.4 Å². The number of benzene rings is 1. The minimum atomic E-state index is -4.37. The number of anilines is 2. The second kappa shape index (κ2) is 5.95. The van der Waals surface area contributed by atoms with Crippen LogP contribution in [-0.4, -0.2) is 33.0 Å². The van der Waals surface area contributed by atoms with Crippen LogP contribution in [0.3, 0.4) is 0 Å². The summed E-state index contributed by atoms with van der Waals surface area (Å²) in [5, 5.41) is 6.93. The van der Waals surface area contributed by atoms with Gasteiger partial charge in [0.25, 0.3) is 0 Å². The number of nitrogens with zero attached hydrogens (tertiary/aromatic N) is 4. The standard InChI is InChI=1S/C14H11F4N5O/c1-24-12-2-9-11(3-10(12)15)19-7-20-13(9)22-8-4-21-23(5-8)6-14(16,17)18/h2-5,7H,6H2,1H3,(H,19,20,22). The number of ether oxygens (including phenoxy) is 1. The summed E-state index contributed by atoms with van der Waals surface area (Å²) in [6.45, 7) is -1.20. The lowest BCUT2D eigenvalue weighted by molar-refractivity contribution is -0.142. The summed E-state index contributed by atoms with van der Waals surface area (Å²) in [4.78, 5) is 7.99. The van der Waals surface area contributed by atoms with Gasteiger partial charge in [0, 0.05) is 17.6 Å². The number of halogens is 4. The van der Waals surface area contributed by atoms with E-state index >= 15 is 0 Å². The molecule has 2 aromatic heterocycles. The third-order valence-electron chi connectivity index (χ3n) is 3.15. The maximum atomic E-state index is 13.7. The Labute approximate surface area is 133 Å². The first-order chi connectivity index (χ1) is 11.4. The predicted molar refractivity (Wildman–Crippen MR) is 77.6 cm³/mol.